The third-order valence-corrected chi connectivity index (χ3v) is 2.27. The lowest BCUT2D eigenvalue weighted by atomic mass is 10.2. The number of nitrogens with zero attached hydrogens (tertiary/aromatic N) is 2. The van der Waals surface area contributed by atoms with Crippen LogP contribution in [0.1, 0.15) is 11.1 Å². The highest BCUT2D eigenvalue weighted by molar-refractivity contribution is 5.53. The van der Waals surface area contributed by atoms with Gasteiger partial charge in [0.2, 0.25) is 0 Å². The number of hydrogen-bond donors (Lipinski definition) is 1. The number of nitrogen functional groups attached to an aromatic ring is 1. The minimum atomic E-state index is 0.404. The van der Waals surface area contributed by atoms with Gasteiger partial charge < -0.3 is 10.5 Å². The first kappa shape index (κ1) is 11.0. The Morgan fingerprint density at radius 1 is 1.24 bits per heavy atom. The summed E-state index contributed by atoms with van der Waals surface area (Å²) in [6, 6.07) is 10.8. The largest absolute Gasteiger partial charge is 0.488 e. The second kappa shape index (κ2) is 4.99. The number of nitriles is 1. The smallest absolute Gasteiger partial charge is 0.137 e. The van der Waals surface area contributed by atoms with E-state index in [0.717, 1.165) is 5.56 Å². The molecular weight excluding hydrogens is 214 g/mol. The minimum Gasteiger partial charge on any atom is -0.488 e. The van der Waals surface area contributed by atoms with Crippen LogP contribution in [0.25, 0.3) is 0 Å². The van der Waals surface area contributed by atoms with Crippen molar-refractivity contribution in [2.24, 2.45) is 0 Å². The molecule has 0 saturated carbocycles. The molecule has 0 atom stereocenters. The quantitative estimate of drug-likeness (QED) is 0.812. The summed E-state index contributed by atoms with van der Waals surface area (Å²) in [6.45, 7) is 0.404. The van der Waals surface area contributed by atoms with Gasteiger partial charge in [-0.25, -0.2) is 0 Å². The fourth-order valence-corrected chi connectivity index (χ4v) is 1.40. The van der Waals surface area contributed by atoms with Gasteiger partial charge in [-0.15, -0.1) is 0 Å². The summed E-state index contributed by atoms with van der Waals surface area (Å²) in [6.07, 6.45) is 3.40. The number of ether oxygens (including phenoxy) is 1. The maximum atomic E-state index is 8.94. The summed E-state index contributed by atoms with van der Waals surface area (Å²) in [5, 5.41) is 8.94. The molecule has 0 amide bonds. The maximum absolute atomic E-state index is 8.94. The Hall–Kier alpha value is -2.54. The number of anilines is 1. The second-order valence-electron chi connectivity index (χ2n) is 3.51. The highest BCUT2D eigenvalue weighted by Crippen LogP contribution is 2.21. The van der Waals surface area contributed by atoms with Gasteiger partial charge in [0.15, 0.2) is 0 Å². The van der Waals surface area contributed by atoms with E-state index < -0.39 is 0 Å². The summed E-state index contributed by atoms with van der Waals surface area (Å²) in [4.78, 5) is 3.92. The standard InChI is InChI=1S/C13H11N3O/c14-8-11-7-12(15)1-2-13(11)17-9-10-3-5-16-6-4-10/h1-7H,9,15H2. The molecule has 1 aromatic heterocycles. The zero-order valence-electron chi connectivity index (χ0n) is 9.13. The van der Waals surface area contributed by atoms with Gasteiger partial charge in [-0.3, -0.25) is 4.98 Å². The number of benzene rings is 1. The summed E-state index contributed by atoms with van der Waals surface area (Å²) in [5.41, 5.74) is 7.59. The molecule has 4 heteroatoms. The Morgan fingerprint density at radius 2 is 2.00 bits per heavy atom. The second-order valence-corrected chi connectivity index (χ2v) is 3.51. The van der Waals surface area contributed by atoms with Gasteiger partial charge in [0, 0.05) is 18.1 Å². The molecule has 2 N–H and O–H groups in total. The van der Waals surface area contributed by atoms with Crippen LogP contribution < -0.4 is 10.5 Å². The zero-order chi connectivity index (χ0) is 12.1. The number of nitrogens with two attached hydrogens (primary N) is 1. The summed E-state index contributed by atoms with van der Waals surface area (Å²) >= 11 is 0. The van der Waals surface area contributed by atoms with Crippen LogP contribution in [0.2, 0.25) is 0 Å². The average Bonchev–Trinajstić information content (AvgIpc) is 2.38. The number of hydrogen-bond acceptors (Lipinski definition) is 4. The minimum absolute atomic E-state index is 0.404. The lowest BCUT2D eigenvalue weighted by Gasteiger charge is -2.08. The van der Waals surface area contributed by atoms with Crippen molar-refractivity contribution in [1.29, 1.82) is 5.26 Å². The van der Waals surface area contributed by atoms with Crippen molar-refractivity contribution in [2.75, 3.05) is 5.73 Å². The first-order valence-electron chi connectivity index (χ1n) is 5.11. The SMILES string of the molecule is N#Cc1cc(N)ccc1OCc1ccncc1. The maximum Gasteiger partial charge on any atom is 0.137 e. The lowest BCUT2D eigenvalue weighted by Crippen LogP contribution is -1.98. The van der Waals surface area contributed by atoms with E-state index in [1.807, 2.05) is 12.1 Å². The Kier molecular flexibility index (Phi) is 3.22. The van der Waals surface area contributed by atoms with Crippen LogP contribution in [0.3, 0.4) is 0 Å². The number of pyridine rings is 1. The Balaban J connectivity index is 2.12. The Labute approximate surface area is 99.3 Å². The molecule has 2 aromatic rings. The number of aromatic nitrogens is 1. The van der Waals surface area contributed by atoms with Crippen molar-refractivity contribution in [2.45, 2.75) is 6.61 Å². The summed E-state index contributed by atoms with van der Waals surface area (Å²) in [5.74, 6) is 0.540. The molecule has 0 unspecified atom stereocenters. The number of rotatable bonds is 3. The van der Waals surface area contributed by atoms with Crippen molar-refractivity contribution >= 4 is 5.69 Å². The fourth-order valence-electron chi connectivity index (χ4n) is 1.40. The van der Waals surface area contributed by atoms with E-state index in [4.69, 9.17) is 15.7 Å². The van der Waals surface area contributed by atoms with E-state index in [1.54, 1.807) is 30.6 Å². The predicted molar refractivity (Wildman–Crippen MR) is 64.1 cm³/mol. The van der Waals surface area contributed by atoms with Crippen molar-refractivity contribution in [3.05, 3.63) is 53.9 Å². The predicted octanol–water partition coefficient (Wildman–Crippen LogP) is 2.11. The first-order valence-corrected chi connectivity index (χ1v) is 5.11. The topological polar surface area (TPSA) is 71.9 Å². The van der Waals surface area contributed by atoms with Crippen LogP contribution in [-0.2, 0) is 6.61 Å². The van der Waals surface area contributed by atoms with Gasteiger partial charge in [0.25, 0.3) is 0 Å². The van der Waals surface area contributed by atoms with E-state index >= 15 is 0 Å². The molecule has 0 aliphatic heterocycles. The Bertz CT molecular complexity index is 546. The van der Waals surface area contributed by atoms with Crippen LogP contribution in [0.4, 0.5) is 5.69 Å². The van der Waals surface area contributed by atoms with E-state index in [-0.39, 0.29) is 0 Å². The molecule has 0 bridgehead atoms. The molecule has 1 heterocycles. The van der Waals surface area contributed by atoms with Crippen LogP contribution in [0.5, 0.6) is 5.75 Å². The molecule has 0 spiro atoms. The highest BCUT2D eigenvalue weighted by Gasteiger charge is 2.03. The van der Waals surface area contributed by atoms with Gasteiger partial charge >= 0.3 is 0 Å². The average molecular weight is 225 g/mol. The molecule has 0 radical (unpaired) electrons. The summed E-state index contributed by atoms with van der Waals surface area (Å²) < 4.78 is 5.56. The highest BCUT2D eigenvalue weighted by atomic mass is 16.5. The molecule has 1 aromatic carbocycles. The van der Waals surface area contributed by atoms with Gasteiger partial charge in [-0.1, -0.05) is 0 Å². The molecular formula is C13H11N3O. The van der Waals surface area contributed by atoms with Crippen LogP contribution >= 0.6 is 0 Å². The summed E-state index contributed by atoms with van der Waals surface area (Å²) in [7, 11) is 0. The van der Waals surface area contributed by atoms with Crippen LogP contribution in [-0.4, -0.2) is 4.98 Å². The zero-order valence-corrected chi connectivity index (χ0v) is 9.13. The first-order chi connectivity index (χ1) is 8.29. The van der Waals surface area contributed by atoms with Crippen molar-refractivity contribution in [1.82, 2.24) is 4.98 Å². The van der Waals surface area contributed by atoms with Gasteiger partial charge in [0.1, 0.15) is 18.4 Å². The molecule has 0 saturated heterocycles. The van der Waals surface area contributed by atoms with Crippen molar-refractivity contribution < 1.29 is 4.74 Å². The van der Waals surface area contributed by atoms with E-state index in [1.165, 1.54) is 0 Å². The molecule has 4 nitrogen and oxygen atoms in total. The van der Waals surface area contributed by atoms with E-state index in [9.17, 15) is 0 Å². The molecule has 0 aliphatic rings. The third kappa shape index (κ3) is 2.73. The fraction of sp³-hybridized carbons (Fsp3) is 0.0769. The Morgan fingerprint density at radius 3 is 2.71 bits per heavy atom. The lowest BCUT2D eigenvalue weighted by molar-refractivity contribution is 0.305. The molecule has 84 valence electrons. The van der Waals surface area contributed by atoms with Crippen LogP contribution in [0.15, 0.2) is 42.7 Å². The van der Waals surface area contributed by atoms with Crippen molar-refractivity contribution in [3.63, 3.8) is 0 Å². The van der Waals surface area contributed by atoms with E-state index in [2.05, 4.69) is 11.1 Å². The van der Waals surface area contributed by atoms with Crippen LogP contribution in [0, 0.1) is 11.3 Å². The third-order valence-electron chi connectivity index (χ3n) is 2.27. The molecule has 0 fully saturated rings. The monoisotopic (exact) mass is 225 g/mol. The molecule has 2 rings (SSSR count). The molecule has 0 aliphatic carbocycles. The van der Waals surface area contributed by atoms with Gasteiger partial charge in [-0.05, 0) is 35.9 Å². The normalized spacial score (nSPS) is 9.59. The van der Waals surface area contributed by atoms with Gasteiger partial charge in [-0.2, -0.15) is 5.26 Å². The molecule has 17 heavy (non-hydrogen) atoms. The van der Waals surface area contributed by atoms with Crippen molar-refractivity contribution in [3.8, 4) is 11.8 Å². The van der Waals surface area contributed by atoms with Gasteiger partial charge in [0.05, 0.1) is 5.56 Å². The van der Waals surface area contributed by atoms with E-state index in [0.29, 0.717) is 23.6 Å².